The molecule has 1 amide bonds. The monoisotopic (exact) mass is 788 g/mol. The molecule has 298 valence electrons. The van der Waals surface area contributed by atoms with E-state index in [1.165, 1.54) is 11.1 Å². The zero-order valence-electron chi connectivity index (χ0n) is 31.9. The molecule has 0 radical (unpaired) electrons. The topological polar surface area (TPSA) is 122 Å². The number of sulfonamides is 1. The van der Waals surface area contributed by atoms with Crippen molar-refractivity contribution in [1.82, 2.24) is 4.72 Å². The highest BCUT2D eigenvalue weighted by Crippen LogP contribution is 2.47. The average molecular weight is 789 g/mol. The van der Waals surface area contributed by atoms with Gasteiger partial charge < -0.3 is 33.3 Å². The number of methoxy groups -OCH3 is 1. The van der Waals surface area contributed by atoms with E-state index in [1.807, 2.05) is 31.2 Å². The van der Waals surface area contributed by atoms with Gasteiger partial charge >= 0.3 is 0 Å². The van der Waals surface area contributed by atoms with Crippen LogP contribution in [0.25, 0.3) is 0 Å². The van der Waals surface area contributed by atoms with Gasteiger partial charge in [0.2, 0.25) is 10.0 Å². The van der Waals surface area contributed by atoms with Crippen molar-refractivity contribution in [1.29, 1.82) is 0 Å². The molecule has 0 saturated heterocycles. The number of anilines is 1. The zero-order chi connectivity index (χ0) is 38.1. The Morgan fingerprint density at radius 3 is 2.43 bits per heavy atom. The van der Waals surface area contributed by atoms with Crippen LogP contribution in [0.1, 0.15) is 67.4 Å². The van der Waals surface area contributed by atoms with E-state index >= 15 is 0 Å². The number of hydrogen-bond acceptors (Lipinski definition) is 10. The molecule has 1 saturated carbocycles. The lowest BCUT2D eigenvalue weighted by atomic mass is 9.68. The van der Waals surface area contributed by atoms with Crippen molar-refractivity contribution in [2.24, 2.45) is 17.8 Å². The molecule has 1 N–H and O–H groups in total. The van der Waals surface area contributed by atoms with Gasteiger partial charge in [0.15, 0.2) is 0 Å². The maximum atomic E-state index is 13.5. The van der Waals surface area contributed by atoms with E-state index in [1.54, 1.807) is 20.1 Å². The largest absolute Gasteiger partial charge is 0.490 e. The number of benzene rings is 2. The summed E-state index contributed by atoms with van der Waals surface area (Å²) in [7, 11) is -2.31. The van der Waals surface area contributed by atoms with Crippen LogP contribution in [0.5, 0.6) is 5.75 Å². The molecule has 11 nitrogen and oxygen atoms in total. The number of allylic oxidation sites excluding steroid dienone is 1. The molecular formula is C41H57ClN2O9S. The second-order valence-corrected chi connectivity index (χ2v) is 17.8. The number of fused-ring (bicyclic) bond motifs is 4. The molecule has 13 heteroatoms. The van der Waals surface area contributed by atoms with Crippen LogP contribution in [0, 0.1) is 17.8 Å². The van der Waals surface area contributed by atoms with Crippen LogP contribution in [-0.4, -0.2) is 105 Å². The second-order valence-electron chi connectivity index (χ2n) is 15.3. The molecule has 2 aliphatic carbocycles. The molecule has 0 aromatic heterocycles. The predicted molar refractivity (Wildman–Crippen MR) is 209 cm³/mol. The Morgan fingerprint density at radius 1 is 0.963 bits per heavy atom. The molecule has 54 heavy (non-hydrogen) atoms. The normalized spacial score (nSPS) is 28.6. The number of carbonyl (C=O) groups is 1. The zero-order valence-corrected chi connectivity index (χ0v) is 33.5. The Hall–Kier alpha value is -2.71. The molecule has 2 aliphatic heterocycles. The van der Waals surface area contributed by atoms with E-state index in [4.69, 9.17) is 40.0 Å². The van der Waals surface area contributed by atoms with E-state index in [9.17, 15) is 13.2 Å². The van der Waals surface area contributed by atoms with E-state index in [0.717, 1.165) is 49.4 Å². The maximum Gasteiger partial charge on any atom is 0.264 e. The summed E-state index contributed by atoms with van der Waals surface area (Å²) in [6.07, 6.45) is 9.57. The van der Waals surface area contributed by atoms with Crippen LogP contribution in [0.3, 0.4) is 0 Å². The molecular weight excluding hydrogens is 732 g/mol. The lowest BCUT2D eigenvalue weighted by Gasteiger charge is -2.46. The van der Waals surface area contributed by atoms with Crippen LogP contribution >= 0.6 is 11.6 Å². The van der Waals surface area contributed by atoms with Crippen LogP contribution in [-0.2, 0) is 45.5 Å². The standard InChI is InChI=1S/C41H57ClN2O9S/c1-29-6-4-8-38(52-23-22-51-21-20-50-19-18-49-17-16-48-3)35-12-9-33(35)26-44-27-41(15-5-7-31-24-34(42)11-13-36(31)41)28-53-39-14-10-32(25-37(39)44)40(45)43-54(46,47)30(29)2/h4,8,10-11,13-14,24-25,29-30,33,35,38H,5-7,9,12,15-23,26-28H2,1-3H3,(H,43,45)/b8-4-/t29-,30+,33-,35+,38-,41-/m0/s1. The van der Waals surface area contributed by atoms with Crippen molar-refractivity contribution in [3.8, 4) is 5.75 Å². The Labute approximate surface area is 326 Å². The first-order valence-corrected chi connectivity index (χ1v) is 21.4. The number of halogens is 1. The van der Waals surface area contributed by atoms with Crippen LogP contribution < -0.4 is 14.4 Å². The number of aryl methyl sites for hydroxylation is 1. The van der Waals surface area contributed by atoms with Gasteiger partial charge in [-0.25, -0.2) is 13.1 Å². The fourth-order valence-corrected chi connectivity index (χ4v) is 9.73. The van der Waals surface area contributed by atoms with E-state index in [0.29, 0.717) is 84.1 Å². The fourth-order valence-electron chi connectivity index (χ4n) is 8.25. The third kappa shape index (κ3) is 9.99. The van der Waals surface area contributed by atoms with Gasteiger partial charge in [0.05, 0.1) is 76.5 Å². The van der Waals surface area contributed by atoms with Gasteiger partial charge in [0.25, 0.3) is 5.91 Å². The number of amides is 1. The number of nitrogens with zero attached hydrogens (tertiary/aromatic N) is 1. The number of nitrogens with one attached hydrogen (secondary N) is 1. The first-order chi connectivity index (χ1) is 26.1. The second kappa shape index (κ2) is 19.0. The van der Waals surface area contributed by atoms with Gasteiger partial charge in [-0.3, -0.25) is 4.79 Å². The summed E-state index contributed by atoms with van der Waals surface area (Å²) in [4.78, 5) is 15.9. The predicted octanol–water partition coefficient (Wildman–Crippen LogP) is 5.96. The molecule has 2 aromatic rings. The van der Waals surface area contributed by atoms with Gasteiger partial charge in [-0.15, -0.1) is 0 Å². The van der Waals surface area contributed by atoms with Gasteiger partial charge in [-0.2, -0.15) is 0 Å². The van der Waals surface area contributed by atoms with E-state index < -0.39 is 21.2 Å². The summed E-state index contributed by atoms with van der Waals surface area (Å²) in [6.45, 7) is 9.43. The fraction of sp³-hybridized carbons (Fsp3) is 0.634. The molecule has 1 spiro atoms. The highest BCUT2D eigenvalue weighted by molar-refractivity contribution is 7.90. The van der Waals surface area contributed by atoms with Crippen molar-refractivity contribution < 1.29 is 41.6 Å². The third-order valence-electron chi connectivity index (χ3n) is 11.7. The summed E-state index contributed by atoms with van der Waals surface area (Å²) in [5.41, 5.74) is 3.34. The van der Waals surface area contributed by atoms with Gasteiger partial charge in [0, 0.05) is 36.2 Å². The maximum absolute atomic E-state index is 13.5. The Kier molecular flexibility index (Phi) is 14.4. The van der Waals surface area contributed by atoms with Gasteiger partial charge in [-0.05, 0) is 105 Å². The number of hydrogen-bond donors (Lipinski definition) is 1. The minimum Gasteiger partial charge on any atom is -0.490 e. The smallest absolute Gasteiger partial charge is 0.264 e. The average Bonchev–Trinajstić information content (AvgIpc) is 3.29. The highest BCUT2D eigenvalue weighted by Gasteiger charge is 2.44. The molecule has 2 aromatic carbocycles. The Morgan fingerprint density at radius 2 is 1.70 bits per heavy atom. The van der Waals surface area contributed by atoms with Gasteiger partial charge in [0.1, 0.15) is 5.75 Å². The molecule has 6 rings (SSSR count). The van der Waals surface area contributed by atoms with Crippen molar-refractivity contribution in [3.63, 3.8) is 0 Å². The summed E-state index contributed by atoms with van der Waals surface area (Å²) in [5.74, 6) is 0.426. The summed E-state index contributed by atoms with van der Waals surface area (Å²) in [5, 5.41) is -0.0552. The Balaban J connectivity index is 1.21. The summed E-state index contributed by atoms with van der Waals surface area (Å²) in [6, 6.07) is 11.5. The van der Waals surface area contributed by atoms with E-state index in [-0.39, 0.29) is 28.9 Å². The van der Waals surface area contributed by atoms with Crippen LogP contribution in [0.4, 0.5) is 5.69 Å². The van der Waals surface area contributed by atoms with Gasteiger partial charge in [-0.1, -0.05) is 36.7 Å². The summed E-state index contributed by atoms with van der Waals surface area (Å²) >= 11 is 6.47. The minimum atomic E-state index is -3.95. The number of ether oxygens (including phenoxy) is 6. The first-order valence-electron chi connectivity index (χ1n) is 19.5. The molecule has 4 aliphatic rings. The highest BCUT2D eigenvalue weighted by atomic mass is 35.5. The molecule has 2 heterocycles. The van der Waals surface area contributed by atoms with E-state index in [2.05, 4.69) is 27.8 Å². The third-order valence-corrected chi connectivity index (χ3v) is 13.9. The lowest BCUT2D eigenvalue weighted by molar-refractivity contribution is -0.0455. The SMILES string of the molecule is COCCOCCOCCOCCO[C@H]1/C=C\C[C@H](C)[C@@H](C)S(=O)(=O)NC(=O)c2ccc3c(c2)N(C[C@@H]2CC[C@H]21)C[C@@]1(CCCc2cc(Cl)ccc21)CO3. The summed E-state index contributed by atoms with van der Waals surface area (Å²) < 4.78 is 64.3. The minimum absolute atomic E-state index is 0.153. The quantitative estimate of drug-likeness (QED) is 0.192. The van der Waals surface area contributed by atoms with Crippen molar-refractivity contribution >= 4 is 33.2 Å². The molecule has 2 bridgehead atoms. The first kappa shape index (κ1) is 40.9. The Bertz CT molecular complexity index is 1710. The lowest BCUT2D eigenvalue weighted by Crippen LogP contribution is -2.49. The van der Waals surface area contributed by atoms with Crippen molar-refractivity contribution in [2.45, 2.75) is 69.1 Å². The van der Waals surface area contributed by atoms with Crippen molar-refractivity contribution in [2.75, 3.05) is 84.6 Å². The molecule has 1 fully saturated rings. The number of carbonyl (C=O) groups excluding carboxylic acids is 1. The van der Waals surface area contributed by atoms with Crippen molar-refractivity contribution in [3.05, 3.63) is 70.3 Å². The molecule has 0 unspecified atom stereocenters. The van der Waals surface area contributed by atoms with Crippen LogP contribution in [0.15, 0.2) is 48.6 Å². The number of rotatable bonds is 13. The van der Waals surface area contributed by atoms with Crippen LogP contribution in [0.2, 0.25) is 5.02 Å². The molecule has 6 atom stereocenters.